The van der Waals surface area contributed by atoms with Crippen molar-refractivity contribution >= 4 is 6.29 Å². The molecule has 0 bridgehead atoms. The molecule has 98 valence electrons. The Morgan fingerprint density at radius 3 is 2.37 bits per heavy atom. The van der Waals surface area contributed by atoms with Crippen LogP contribution < -0.4 is 0 Å². The van der Waals surface area contributed by atoms with Crippen LogP contribution in [0.3, 0.4) is 0 Å². The van der Waals surface area contributed by atoms with E-state index < -0.39 is 0 Å². The minimum Gasteiger partial charge on any atom is -0.298 e. The highest BCUT2D eigenvalue weighted by molar-refractivity contribution is 5.81. The van der Waals surface area contributed by atoms with Gasteiger partial charge >= 0.3 is 0 Å². The second-order valence-corrected chi connectivity index (χ2v) is 4.89. The largest absolute Gasteiger partial charge is 0.298 e. The van der Waals surface area contributed by atoms with E-state index >= 15 is 0 Å². The molecule has 0 aliphatic heterocycles. The lowest BCUT2D eigenvalue weighted by atomic mass is 9.91. The molecular weight excluding hydrogens is 232 g/mol. The molecule has 1 heteroatoms. The lowest BCUT2D eigenvalue weighted by Crippen LogP contribution is -1.94. The minimum atomic E-state index is 0.740. The fourth-order valence-electron chi connectivity index (χ4n) is 2.41. The smallest absolute Gasteiger partial charge is 0.150 e. The highest BCUT2D eigenvalue weighted by atomic mass is 16.1. The number of rotatable bonds is 4. The van der Waals surface area contributed by atoms with Crippen LogP contribution in [0.25, 0.3) is 11.1 Å². The molecule has 0 unspecified atom stereocenters. The van der Waals surface area contributed by atoms with Crippen molar-refractivity contribution in [2.75, 3.05) is 0 Å². The number of benzene rings is 2. The average Bonchev–Trinajstić information content (AvgIpc) is 2.47. The van der Waals surface area contributed by atoms with E-state index in [-0.39, 0.29) is 0 Å². The molecule has 0 aromatic heterocycles. The fourth-order valence-corrected chi connectivity index (χ4v) is 2.41. The van der Waals surface area contributed by atoms with Crippen molar-refractivity contribution < 1.29 is 4.79 Å². The predicted molar refractivity (Wildman–Crippen MR) is 80.8 cm³/mol. The van der Waals surface area contributed by atoms with Gasteiger partial charge in [0.25, 0.3) is 0 Å². The van der Waals surface area contributed by atoms with Crippen LogP contribution in [-0.2, 0) is 12.8 Å². The van der Waals surface area contributed by atoms with Crippen LogP contribution in [0.4, 0.5) is 0 Å². The van der Waals surface area contributed by atoms with E-state index in [1.807, 2.05) is 18.2 Å². The first kappa shape index (κ1) is 13.5. The second kappa shape index (κ2) is 5.83. The van der Waals surface area contributed by atoms with Crippen LogP contribution in [-0.4, -0.2) is 6.29 Å². The molecule has 0 fully saturated rings. The molecule has 2 aromatic rings. The Morgan fingerprint density at radius 2 is 1.74 bits per heavy atom. The summed E-state index contributed by atoms with van der Waals surface area (Å²) in [5.41, 5.74) is 7.07. The quantitative estimate of drug-likeness (QED) is 0.727. The van der Waals surface area contributed by atoms with Crippen LogP contribution in [0, 0.1) is 6.92 Å². The molecule has 0 atom stereocenters. The highest BCUT2D eigenvalue weighted by Crippen LogP contribution is 2.29. The molecule has 19 heavy (non-hydrogen) atoms. The predicted octanol–water partition coefficient (Wildman–Crippen LogP) is 4.60. The van der Waals surface area contributed by atoms with E-state index in [4.69, 9.17) is 0 Å². The number of carbonyl (C=O) groups excluding carboxylic acids is 1. The average molecular weight is 252 g/mol. The lowest BCUT2D eigenvalue weighted by Gasteiger charge is -2.13. The first-order valence-electron chi connectivity index (χ1n) is 6.87. The molecule has 2 aromatic carbocycles. The minimum absolute atomic E-state index is 0.740. The topological polar surface area (TPSA) is 17.1 Å². The second-order valence-electron chi connectivity index (χ2n) is 4.89. The summed E-state index contributed by atoms with van der Waals surface area (Å²) in [4.78, 5) is 11.0. The standard InChI is InChI=1S/C18H20O/c1-4-14-8-9-16(5-2)18(10-14)17-11-15(12-19)7-6-13(17)3/h6-12H,4-5H2,1-3H3. The van der Waals surface area contributed by atoms with Crippen LogP contribution in [0.1, 0.15) is 40.9 Å². The molecule has 0 saturated carbocycles. The monoisotopic (exact) mass is 252 g/mol. The zero-order chi connectivity index (χ0) is 13.8. The zero-order valence-corrected chi connectivity index (χ0v) is 11.9. The van der Waals surface area contributed by atoms with Gasteiger partial charge in [-0.1, -0.05) is 44.2 Å². The van der Waals surface area contributed by atoms with Gasteiger partial charge in [0.1, 0.15) is 6.29 Å². The summed E-state index contributed by atoms with van der Waals surface area (Å²) in [5.74, 6) is 0. The highest BCUT2D eigenvalue weighted by Gasteiger charge is 2.08. The lowest BCUT2D eigenvalue weighted by molar-refractivity contribution is 0.112. The summed E-state index contributed by atoms with van der Waals surface area (Å²) in [6, 6.07) is 12.6. The molecule has 0 heterocycles. The van der Waals surface area contributed by atoms with Gasteiger partial charge in [-0.3, -0.25) is 4.79 Å². The first-order valence-corrected chi connectivity index (χ1v) is 6.87. The Bertz CT molecular complexity index is 597. The third kappa shape index (κ3) is 2.76. The van der Waals surface area contributed by atoms with E-state index in [1.54, 1.807) is 0 Å². The Hall–Kier alpha value is -1.89. The third-order valence-corrected chi connectivity index (χ3v) is 3.65. The van der Waals surface area contributed by atoms with Crippen LogP contribution in [0.2, 0.25) is 0 Å². The van der Waals surface area contributed by atoms with E-state index in [0.717, 1.165) is 24.7 Å². The molecule has 0 aliphatic rings. The third-order valence-electron chi connectivity index (χ3n) is 3.65. The molecule has 0 N–H and O–H groups in total. The summed E-state index contributed by atoms with van der Waals surface area (Å²) in [7, 11) is 0. The van der Waals surface area contributed by atoms with Crippen LogP contribution >= 0.6 is 0 Å². The summed E-state index contributed by atoms with van der Waals surface area (Å²) >= 11 is 0. The van der Waals surface area contributed by atoms with Gasteiger partial charge in [-0.05, 0) is 53.6 Å². The summed E-state index contributed by atoms with van der Waals surface area (Å²) in [6.45, 7) is 6.44. The van der Waals surface area contributed by atoms with Gasteiger partial charge < -0.3 is 0 Å². The molecule has 1 nitrogen and oxygen atoms in total. The molecule has 0 aliphatic carbocycles. The van der Waals surface area contributed by atoms with Crippen molar-refractivity contribution in [1.82, 2.24) is 0 Å². The van der Waals surface area contributed by atoms with Gasteiger partial charge in [-0.15, -0.1) is 0 Å². The van der Waals surface area contributed by atoms with Crippen molar-refractivity contribution in [1.29, 1.82) is 0 Å². The van der Waals surface area contributed by atoms with Gasteiger partial charge in [-0.2, -0.15) is 0 Å². The SMILES string of the molecule is CCc1ccc(CC)c(-c2cc(C=O)ccc2C)c1. The van der Waals surface area contributed by atoms with E-state index in [9.17, 15) is 4.79 Å². The first-order chi connectivity index (χ1) is 9.19. The Labute approximate surface area is 115 Å². The van der Waals surface area contributed by atoms with E-state index in [1.165, 1.54) is 27.8 Å². The summed E-state index contributed by atoms with van der Waals surface area (Å²) in [5, 5.41) is 0. The van der Waals surface area contributed by atoms with Gasteiger partial charge in [0.05, 0.1) is 0 Å². The van der Waals surface area contributed by atoms with Crippen LogP contribution in [0.15, 0.2) is 36.4 Å². The van der Waals surface area contributed by atoms with Gasteiger partial charge in [0, 0.05) is 5.56 Å². The maximum Gasteiger partial charge on any atom is 0.150 e. The molecule has 2 rings (SSSR count). The normalized spacial score (nSPS) is 10.5. The Kier molecular flexibility index (Phi) is 4.16. The van der Waals surface area contributed by atoms with E-state index in [0.29, 0.717) is 0 Å². The van der Waals surface area contributed by atoms with Crippen LogP contribution in [0.5, 0.6) is 0 Å². The van der Waals surface area contributed by atoms with Crippen molar-refractivity contribution in [2.45, 2.75) is 33.6 Å². The van der Waals surface area contributed by atoms with Gasteiger partial charge in [-0.25, -0.2) is 0 Å². The van der Waals surface area contributed by atoms with Crippen molar-refractivity contribution in [3.8, 4) is 11.1 Å². The Morgan fingerprint density at radius 1 is 0.947 bits per heavy atom. The number of carbonyl (C=O) groups is 1. The molecule has 0 radical (unpaired) electrons. The molecule has 0 saturated heterocycles. The number of aldehydes is 1. The molecular formula is C18H20O. The fraction of sp³-hybridized carbons (Fsp3) is 0.278. The maximum atomic E-state index is 11.0. The van der Waals surface area contributed by atoms with Crippen molar-refractivity contribution in [3.05, 3.63) is 58.7 Å². The molecule has 0 spiro atoms. The number of aryl methyl sites for hydroxylation is 3. The summed E-state index contributed by atoms with van der Waals surface area (Å²) < 4.78 is 0. The van der Waals surface area contributed by atoms with E-state index in [2.05, 4.69) is 39.0 Å². The maximum absolute atomic E-state index is 11.0. The zero-order valence-electron chi connectivity index (χ0n) is 11.9. The van der Waals surface area contributed by atoms with Crippen molar-refractivity contribution in [3.63, 3.8) is 0 Å². The number of hydrogen-bond acceptors (Lipinski definition) is 1. The Balaban J connectivity index is 2.65. The van der Waals surface area contributed by atoms with Gasteiger partial charge in [0.15, 0.2) is 0 Å². The van der Waals surface area contributed by atoms with Crippen molar-refractivity contribution in [2.24, 2.45) is 0 Å². The van der Waals surface area contributed by atoms with Gasteiger partial charge in [0.2, 0.25) is 0 Å². The number of hydrogen-bond donors (Lipinski definition) is 0. The molecule has 0 amide bonds. The summed E-state index contributed by atoms with van der Waals surface area (Å²) in [6.07, 6.45) is 2.95.